The molecule has 1 aliphatic heterocycles. The number of hydrogen-bond acceptors (Lipinski definition) is 3. The summed E-state index contributed by atoms with van der Waals surface area (Å²) in [6.07, 6.45) is 0. The van der Waals surface area contributed by atoms with Crippen molar-refractivity contribution < 1.29 is 4.74 Å². The highest BCUT2D eigenvalue weighted by atomic mass is 32.2. The molecule has 0 spiro atoms. The van der Waals surface area contributed by atoms with E-state index < -0.39 is 0 Å². The summed E-state index contributed by atoms with van der Waals surface area (Å²) in [4.78, 5) is 1.23. The smallest absolute Gasteiger partial charge is 0.252 e. The van der Waals surface area contributed by atoms with E-state index in [4.69, 9.17) is 4.74 Å². The van der Waals surface area contributed by atoms with Gasteiger partial charge in [0.15, 0.2) is 0 Å². The molecule has 1 aromatic carbocycles. The number of hydrogen-bond donors (Lipinski definition) is 1. The molecule has 2 rings (SSSR count). The second-order valence-electron chi connectivity index (χ2n) is 2.21. The van der Waals surface area contributed by atoms with Gasteiger partial charge in [-0.15, -0.1) is 0 Å². The van der Waals surface area contributed by atoms with Crippen LogP contribution in [0.1, 0.15) is 0 Å². The minimum atomic E-state index is 0.853. The molecule has 0 saturated carbocycles. The molecule has 3 heteroatoms. The lowest BCUT2D eigenvalue weighted by molar-refractivity contribution is 0.271. The van der Waals surface area contributed by atoms with E-state index in [1.54, 1.807) is 18.9 Å². The minimum absolute atomic E-state index is 0.853. The standard InChI is InChI=1S/C8H8NOS/c1-10-8-9-6-4-2-3-5-7(6)11-8/h2-5,9H,1H3. The Balaban J connectivity index is 2.27. The van der Waals surface area contributed by atoms with Gasteiger partial charge in [0.2, 0.25) is 0 Å². The average Bonchev–Trinajstić information content (AvgIpc) is 2.46. The van der Waals surface area contributed by atoms with Crippen LogP contribution in [-0.4, -0.2) is 7.11 Å². The number of anilines is 1. The van der Waals surface area contributed by atoms with E-state index in [2.05, 4.69) is 11.4 Å². The first-order valence-electron chi connectivity index (χ1n) is 3.35. The Hall–Kier alpha value is -0.670. The Morgan fingerprint density at radius 1 is 1.36 bits per heavy atom. The van der Waals surface area contributed by atoms with Gasteiger partial charge in [-0.05, 0) is 12.1 Å². The predicted molar refractivity (Wildman–Crippen MR) is 46.2 cm³/mol. The molecule has 2 nitrogen and oxygen atoms in total. The molecule has 0 atom stereocenters. The van der Waals surface area contributed by atoms with Crippen LogP contribution in [0.25, 0.3) is 0 Å². The monoisotopic (exact) mass is 166 g/mol. The Bertz CT molecular complexity index is 239. The lowest BCUT2D eigenvalue weighted by atomic mass is 10.3. The molecular weight excluding hydrogens is 158 g/mol. The topological polar surface area (TPSA) is 21.3 Å². The van der Waals surface area contributed by atoms with Gasteiger partial charge in [0, 0.05) is 12.0 Å². The summed E-state index contributed by atoms with van der Waals surface area (Å²) in [5, 5.41) is 3.14. The molecular formula is C8H8NOS. The van der Waals surface area contributed by atoms with Gasteiger partial charge in [-0.3, -0.25) is 0 Å². The highest BCUT2D eigenvalue weighted by molar-refractivity contribution is 8.02. The number of methoxy groups -OCH3 is 1. The number of ether oxygens (including phenoxy) is 1. The molecule has 0 aromatic heterocycles. The lowest BCUT2D eigenvalue weighted by Gasteiger charge is -2.02. The summed E-state index contributed by atoms with van der Waals surface area (Å²) in [5.74, 6) is 0. The SMILES string of the molecule is CO[C]1Nc2ccccc2S1. The third kappa shape index (κ3) is 1.21. The van der Waals surface area contributed by atoms with Gasteiger partial charge in [0.05, 0.1) is 5.69 Å². The third-order valence-electron chi connectivity index (χ3n) is 1.51. The van der Waals surface area contributed by atoms with Gasteiger partial charge < -0.3 is 10.1 Å². The normalized spacial score (nSPS) is 16.1. The summed E-state index contributed by atoms with van der Waals surface area (Å²) in [7, 11) is 1.67. The Labute approximate surface area is 69.9 Å². The molecule has 57 valence electrons. The van der Waals surface area contributed by atoms with Gasteiger partial charge in [-0.1, -0.05) is 23.9 Å². The van der Waals surface area contributed by atoms with E-state index >= 15 is 0 Å². The van der Waals surface area contributed by atoms with E-state index in [9.17, 15) is 0 Å². The Morgan fingerprint density at radius 3 is 2.91 bits per heavy atom. The van der Waals surface area contributed by atoms with Crippen LogP contribution in [0.2, 0.25) is 0 Å². The molecule has 0 bridgehead atoms. The predicted octanol–water partition coefficient (Wildman–Crippen LogP) is 2.30. The minimum Gasteiger partial charge on any atom is -0.345 e. The molecule has 0 fully saturated rings. The Morgan fingerprint density at radius 2 is 2.18 bits per heavy atom. The van der Waals surface area contributed by atoms with Crippen molar-refractivity contribution in [2.75, 3.05) is 12.4 Å². The molecule has 1 aromatic rings. The van der Waals surface area contributed by atoms with Crippen LogP contribution in [0.4, 0.5) is 5.69 Å². The summed E-state index contributed by atoms with van der Waals surface area (Å²) in [6.45, 7) is 0. The first-order chi connectivity index (χ1) is 5.40. The van der Waals surface area contributed by atoms with E-state index in [1.165, 1.54) is 4.90 Å². The van der Waals surface area contributed by atoms with Crippen molar-refractivity contribution in [3.8, 4) is 0 Å². The van der Waals surface area contributed by atoms with Gasteiger partial charge in [-0.2, -0.15) is 0 Å². The zero-order valence-corrected chi connectivity index (χ0v) is 6.94. The van der Waals surface area contributed by atoms with Crippen LogP contribution in [0.3, 0.4) is 0 Å². The first kappa shape index (κ1) is 7.00. The highest BCUT2D eigenvalue weighted by Gasteiger charge is 2.21. The van der Waals surface area contributed by atoms with Crippen molar-refractivity contribution in [2.45, 2.75) is 4.90 Å². The van der Waals surface area contributed by atoms with Crippen LogP contribution in [0.15, 0.2) is 29.2 Å². The zero-order valence-electron chi connectivity index (χ0n) is 6.13. The molecule has 1 heterocycles. The fourth-order valence-electron chi connectivity index (χ4n) is 0.987. The number of nitrogens with one attached hydrogen (secondary N) is 1. The number of thioether (sulfide) groups is 1. The van der Waals surface area contributed by atoms with Crippen molar-refractivity contribution in [2.24, 2.45) is 0 Å². The second-order valence-corrected chi connectivity index (χ2v) is 3.23. The number of rotatable bonds is 1. The van der Waals surface area contributed by atoms with Crippen LogP contribution in [0, 0.1) is 5.56 Å². The molecule has 1 N–H and O–H groups in total. The van der Waals surface area contributed by atoms with Crippen molar-refractivity contribution in [3.63, 3.8) is 0 Å². The quantitative estimate of drug-likeness (QED) is 0.691. The third-order valence-corrected chi connectivity index (χ3v) is 2.54. The highest BCUT2D eigenvalue weighted by Crippen LogP contribution is 2.42. The van der Waals surface area contributed by atoms with E-state index in [-0.39, 0.29) is 0 Å². The van der Waals surface area contributed by atoms with Crippen LogP contribution in [0.5, 0.6) is 0 Å². The zero-order chi connectivity index (χ0) is 7.68. The average molecular weight is 166 g/mol. The van der Waals surface area contributed by atoms with Gasteiger partial charge in [0.1, 0.15) is 0 Å². The van der Waals surface area contributed by atoms with Crippen LogP contribution in [-0.2, 0) is 4.74 Å². The van der Waals surface area contributed by atoms with Crippen molar-refractivity contribution >= 4 is 17.4 Å². The van der Waals surface area contributed by atoms with Crippen molar-refractivity contribution in [3.05, 3.63) is 29.8 Å². The maximum Gasteiger partial charge on any atom is 0.252 e. The fraction of sp³-hybridized carbons (Fsp3) is 0.125. The van der Waals surface area contributed by atoms with E-state index in [0.717, 1.165) is 11.2 Å². The van der Waals surface area contributed by atoms with E-state index in [0.29, 0.717) is 0 Å². The summed E-state index contributed by atoms with van der Waals surface area (Å²) >= 11 is 1.62. The fourth-order valence-corrected chi connectivity index (χ4v) is 1.81. The van der Waals surface area contributed by atoms with Gasteiger partial charge in [-0.25, -0.2) is 0 Å². The molecule has 0 aliphatic carbocycles. The summed E-state index contributed by atoms with van der Waals surface area (Å²) < 4.78 is 5.06. The van der Waals surface area contributed by atoms with E-state index in [1.807, 2.05) is 18.2 Å². The number of para-hydroxylation sites is 1. The maximum absolute atomic E-state index is 5.06. The molecule has 0 unspecified atom stereocenters. The molecule has 1 aliphatic rings. The lowest BCUT2D eigenvalue weighted by Crippen LogP contribution is -2.01. The maximum atomic E-state index is 5.06. The summed E-state index contributed by atoms with van der Waals surface area (Å²) in [6, 6.07) is 8.13. The van der Waals surface area contributed by atoms with Crippen molar-refractivity contribution in [1.82, 2.24) is 0 Å². The summed E-state index contributed by atoms with van der Waals surface area (Å²) in [5.41, 5.74) is 1.99. The largest absolute Gasteiger partial charge is 0.345 e. The first-order valence-corrected chi connectivity index (χ1v) is 4.16. The Kier molecular flexibility index (Phi) is 1.75. The molecule has 0 amide bonds. The van der Waals surface area contributed by atoms with Gasteiger partial charge >= 0.3 is 0 Å². The molecule has 11 heavy (non-hydrogen) atoms. The number of benzene rings is 1. The van der Waals surface area contributed by atoms with Crippen LogP contribution < -0.4 is 5.32 Å². The molecule has 0 saturated heterocycles. The van der Waals surface area contributed by atoms with Crippen LogP contribution >= 0.6 is 11.8 Å². The second kappa shape index (κ2) is 2.75. The number of fused-ring (bicyclic) bond motifs is 1. The van der Waals surface area contributed by atoms with Crippen molar-refractivity contribution in [1.29, 1.82) is 0 Å². The molecule has 1 radical (unpaired) electrons. The van der Waals surface area contributed by atoms with Gasteiger partial charge in [0.25, 0.3) is 5.56 Å².